The van der Waals surface area contributed by atoms with Gasteiger partial charge in [0, 0.05) is 25.0 Å². The molecule has 1 aliphatic rings. The predicted molar refractivity (Wildman–Crippen MR) is 75.4 cm³/mol. The SMILES string of the molecule is CS(=O)(=O)c1cccc(NCC(=O)N2CCOCC2)c1. The molecule has 1 N–H and O–H groups in total. The van der Waals surface area contributed by atoms with Gasteiger partial charge in [-0.2, -0.15) is 0 Å². The molecular formula is C13H18N2O4S. The highest BCUT2D eigenvalue weighted by Gasteiger charge is 2.16. The number of rotatable bonds is 4. The minimum absolute atomic E-state index is 0.0157. The molecule has 7 heteroatoms. The first-order valence-corrected chi connectivity index (χ1v) is 8.25. The Labute approximate surface area is 118 Å². The summed E-state index contributed by atoms with van der Waals surface area (Å²) in [5, 5.41) is 2.96. The van der Waals surface area contributed by atoms with Crippen molar-refractivity contribution in [2.24, 2.45) is 0 Å². The molecule has 6 nitrogen and oxygen atoms in total. The minimum Gasteiger partial charge on any atom is -0.378 e. The van der Waals surface area contributed by atoms with Crippen molar-refractivity contribution in [2.45, 2.75) is 4.90 Å². The van der Waals surface area contributed by atoms with Gasteiger partial charge < -0.3 is 15.0 Å². The second-order valence-corrected chi connectivity index (χ2v) is 6.66. The highest BCUT2D eigenvalue weighted by Crippen LogP contribution is 2.15. The number of hydrogen-bond acceptors (Lipinski definition) is 5. The quantitative estimate of drug-likeness (QED) is 0.868. The van der Waals surface area contributed by atoms with Crippen LogP contribution in [-0.2, 0) is 19.4 Å². The summed E-state index contributed by atoms with van der Waals surface area (Å²) in [6.45, 7) is 2.48. The maximum Gasteiger partial charge on any atom is 0.242 e. The molecule has 20 heavy (non-hydrogen) atoms. The number of carbonyl (C=O) groups is 1. The van der Waals surface area contributed by atoms with Gasteiger partial charge in [-0.25, -0.2) is 8.42 Å². The molecule has 0 aromatic heterocycles. The van der Waals surface area contributed by atoms with Gasteiger partial charge in [0.2, 0.25) is 5.91 Å². The lowest BCUT2D eigenvalue weighted by molar-refractivity contribution is -0.133. The van der Waals surface area contributed by atoms with Crippen LogP contribution in [-0.4, -0.2) is 58.3 Å². The van der Waals surface area contributed by atoms with Gasteiger partial charge in [0.05, 0.1) is 24.7 Å². The number of ether oxygens (including phenoxy) is 1. The largest absolute Gasteiger partial charge is 0.378 e. The molecule has 0 aliphatic carbocycles. The van der Waals surface area contributed by atoms with E-state index in [1.807, 2.05) is 0 Å². The summed E-state index contributed by atoms with van der Waals surface area (Å²) in [6.07, 6.45) is 1.16. The Kier molecular flexibility index (Phi) is 4.61. The first-order valence-electron chi connectivity index (χ1n) is 6.36. The summed E-state index contributed by atoms with van der Waals surface area (Å²) in [5.41, 5.74) is 0.620. The maximum absolute atomic E-state index is 11.9. The molecule has 0 saturated carbocycles. The van der Waals surface area contributed by atoms with Crippen molar-refractivity contribution in [1.29, 1.82) is 0 Å². The Balaban J connectivity index is 1.95. The fourth-order valence-corrected chi connectivity index (χ4v) is 2.61. The van der Waals surface area contributed by atoms with E-state index in [0.29, 0.717) is 32.0 Å². The van der Waals surface area contributed by atoms with Gasteiger partial charge in [-0.1, -0.05) is 6.07 Å². The molecule has 1 aliphatic heterocycles. The number of anilines is 1. The lowest BCUT2D eigenvalue weighted by atomic mass is 10.3. The normalized spacial score (nSPS) is 15.9. The molecule has 0 spiro atoms. The van der Waals surface area contributed by atoms with E-state index < -0.39 is 9.84 Å². The third-order valence-corrected chi connectivity index (χ3v) is 4.18. The fourth-order valence-electron chi connectivity index (χ4n) is 1.94. The second-order valence-electron chi connectivity index (χ2n) is 4.65. The zero-order valence-electron chi connectivity index (χ0n) is 11.3. The maximum atomic E-state index is 11.9. The number of nitrogens with zero attached hydrogens (tertiary/aromatic N) is 1. The third kappa shape index (κ3) is 3.94. The molecule has 0 radical (unpaired) electrons. The second kappa shape index (κ2) is 6.23. The molecule has 1 amide bonds. The van der Waals surface area contributed by atoms with E-state index >= 15 is 0 Å². The number of sulfone groups is 1. The average Bonchev–Trinajstić information content (AvgIpc) is 2.45. The van der Waals surface area contributed by atoms with Crippen LogP contribution in [0.4, 0.5) is 5.69 Å². The van der Waals surface area contributed by atoms with Gasteiger partial charge in [-0.3, -0.25) is 4.79 Å². The monoisotopic (exact) mass is 298 g/mol. The van der Waals surface area contributed by atoms with Crippen LogP contribution in [0, 0.1) is 0 Å². The van der Waals surface area contributed by atoms with Crippen molar-refractivity contribution in [2.75, 3.05) is 44.4 Å². The molecule has 1 aromatic rings. The fraction of sp³-hybridized carbons (Fsp3) is 0.462. The Morgan fingerprint density at radius 2 is 2.05 bits per heavy atom. The van der Waals surface area contributed by atoms with E-state index in [-0.39, 0.29) is 17.3 Å². The number of morpholine rings is 1. The van der Waals surface area contributed by atoms with Crippen molar-refractivity contribution in [1.82, 2.24) is 4.90 Å². The van der Waals surface area contributed by atoms with Crippen molar-refractivity contribution < 1.29 is 17.9 Å². The van der Waals surface area contributed by atoms with E-state index in [1.165, 1.54) is 12.1 Å². The zero-order chi connectivity index (χ0) is 14.6. The van der Waals surface area contributed by atoms with E-state index in [2.05, 4.69) is 5.32 Å². The molecule has 1 saturated heterocycles. The van der Waals surface area contributed by atoms with Gasteiger partial charge in [0.15, 0.2) is 9.84 Å². The Morgan fingerprint density at radius 1 is 1.35 bits per heavy atom. The van der Waals surface area contributed by atoms with E-state index in [9.17, 15) is 13.2 Å². The summed E-state index contributed by atoms with van der Waals surface area (Å²) >= 11 is 0. The summed E-state index contributed by atoms with van der Waals surface area (Å²) in [7, 11) is -3.24. The van der Waals surface area contributed by atoms with Crippen LogP contribution >= 0.6 is 0 Å². The third-order valence-electron chi connectivity index (χ3n) is 3.07. The van der Waals surface area contributed by atoms with Crippen molar-refractivity contribution in [3.63, 3.8) is 0 Å². The van der Waals surface area contributed by atoms with Gasteiger partial charge in [-0.15, -0.1) is 0 Å². The lowest BCUT2D eigenvalue weighted by Crippen LogP contribution is -2.43. The molecule has 1 fully saturated rings. The molecule has 110 valence electrons. The van der Waals surface area contributed by atoms with E-state index in [4.69, 9.17) is 4.74 Å². The van der Waals surface area contributed by atoms with Crippen LogP contribution in [0.25, 0.3) is 0 Å². The van der Waals surface area contributed by atoms with Gasteiger partial charge >= 0.3 is 0 Å². The number of nitrogens with one attached hydrogen (secondary N) is 1. The number of amides is 1. The van der Waals surface area contributed by atoms with Gasteiger partial charge in [0.25, 0.3) is 0 Å². The first-order chi connectivity index (χ1) is 9.47. The zero-order valence-corrected chi connectivity index (χ0v) is 12.1. The van der Waals surface area contributed by atoms with Crippen molar-refractivity contribution in [3.05, 3.63) is 24.3 Å². The van der Waals surface area contributed by atoms with E-state index in [1.54, 1.807) is 17.0 Å². The van der Waals surface area contributed by atoms with Crippen molar-refractivity contribution >= 4 is 21.4 Å². The summed E-state index contributed by atoms with van der Waals surface area (Å²) in [4.78, 5) is 13.9. The van der Waals surface area contributed by atoms with Crippen LogP contribution < -0.4 is 5.32 Å². The molecule has 1 heterocycles. The van der Waals surface area contributed by atoms with Gasteiger partial charge in [0.1, 0.15) is 0 Å². The highest BCUT2D eigenvalue weighted by atomic mass is 32.2. The number of benzene rings is 1. The Hall–Kier alpha value is -1.60. The van der Waals surface area contributed by atoms with Crippen LogP contribution in [0.1, 0.15) is 0 Å². The van der Waals surface area contributed by atoms with Crippen LogP contribution in [0.3, 0.4) is 0 Å². The first kappa shape index (κ1) is 14.8. The van der Waals surface area contributed by atoms with Crippen LogP contribution in [0.5, 0.6) is 0 Å². The molecule has 0 atom stereocenters. The summed E-state index contributed by atoms with van der Waals surface area (Å²) in [6, 6.07) is 6.45. The van der Waals surface area contributed by atoms with Crippen LogP contribution in [0.15, 0.2) is 29.2 Å². The smallest absolute Gasteiger partial charge is 0.242 e. The molecule has 0 unspecified atom stereocenters. The molecule has 2 rings (SSSR count). The van der Waals surface area contributed by atoms with Gasteiger partial charge in [-0.05, 0) is 18.2 Å². The standard InChI is InChI=1S/C13H18N2O4S/c1-20(17,18)12-4-2-3-11(9-12)14-10-13(16)15-5-7-19-8-6-15/h2-4,9,14H,5-8,10H2,1H3. The lowest BCUT2D eigenvalue weighted by Gasteiger charge is -2.27. The average molecular weight is 298 g/mol. The Morgan fingerprint density at radius 3 is 2.70 bits per heavy atom. The topological polar surface area (TPSA) is 75.7 Å². The minimum atomic E-state index is -3.24. The number of hydrogen-bond donors (Lipinski definition) is 1. The van der Waals surface area contributed by atoms with Crippen LogP contribution in [0.2, 0.25) is 0 Å². The highest BCUT2D eigenvalue weighted by molar-refractivity contribution is 7.90. The van der Waals surface area contributed by atoms with Crippen molar-refractivity contribution in [3.8, 4) is 0 Å². The predicted octanol–water partition coefficient (Wildman–Crippen LogP) is 0.361. The Bertz CT molecular complexity index is 580. The molecular weight excluding hydrogens is 280 g/mol. The number of carbonyl (C=O) groups excluding carboxylic acids is 1. The van der Waals surface area contributed by atoms with E-state index in [0.717, 1.165) is 6.26 Å². The molecule has 0 bridgehead atoms. The summed E-state index contributed by atoms with van der Waals surface area (Å²) in [5.74, 6) is -0.0157. The summed E-state index contributed by atoms with van der Waals surface area (Å²) < 4.78 is 28.1. The molecule has 1 aromatic carbocycles.